The van der Waals surface area contributed by atoms with Gasteiger partial charge in [0.1, 0.15) is 0 Å². The quantitative estimate of drug-likeness (QED) is 0.702. The average molecular weight is 199 g/mol. The van der Waals surface area contributed by atoms with Crippen LogP contribution >= 0.6 is 11.8 Å². The van der Waals surface area contributed by atoms with Gasteiger partial charge in [-0.2, -0.15) is 0 Å². The van der Waals surface area contributed by atoms with Gasteiger partial charge in [0, 0.05) is 11.1 Å². The third-order valence-electron chi connectivity index (χ3n) is 2.18. The fourth-order valence-electron chi connectivity index (χ4n) is 1.26. The predicted molar refractivity (Wildman–Crippen MR) is 63.4 cm³/mol. The summed E-state index contributed by atoms with van der Waals surface area (Å²) in [4.78, 5) is 1.22. The van der Waals surface area contributed by atoms with Crippen molar-refractivity contribution in [2.24, 2.45) is 11.1 Å². The number of allylic oxidation sites excluding steroid dienone is 1. The zero-order valence-electron chi connectivity index (χ0n) is 8.97. The molecule has 0 saturated carbocycles. The third kappa shape index (κ3) is 4.41. The van der Waals surface area contributed by atoms with Crippen LogP contribution < -0.4 is 5.73 Å². The Morgan fingerprint density at radius 3 is 2.54 bits per heavy atom. The number of unbranched alkanes of at least 4 members (excludes halogenated alkanes) is 1. The van der Waals surface area contributed by atoms with Gasteiger partial charge in [-0.05, 0) is 17.2 Å². The van der Waals surface area contributed by atoms with Crippen molar-refractivity contribution >= 4 is 11.8 Å². The lowest BCUT2D eigenvalue weighted by Gasteiger charge is -2.26. The van der Waals surface area contributed by atoms with E-state index in [0.29, 0.717) is 0 Å². The molecule has 0 aromatic heterocycles. The Hall–Kier alpha value is -0.370. The van der Waals surface area contributed by atoms with Gasteiger partial charge < -0.3 is 5.73 Å². The standard InChI is InChI=1S/C11H21NS/c1-5-7-8-11(3,4)10(9-12)13-6-2/h6,9H,2,5,7-8,12H2,1,3-4H3/b10-9-. The molecule has 76 valence electrons. The highest BCUT2D eigenvalue weighted by atomic mass is 32.2. The van der Waals surface area contributed by atoms with Gasteiger partial charge in [-0.25, -0.2) is 0 Å². The summed E-state index contributed by atoms with van der Waals surface area (Å²) in [6, 6.07) is 0. The lowest BCUT2D eigenvalue weighted by molar-refractivity contribution is 0.411. The number of hydrogen-bond acceptors (Lipinski definition) is 2. The van der Waals surface area contributed by atoms with E-state index in [1.54, 1.807) is 18.0 Å². The second kappa shape index (κ2) is 6.14. The maximum Gasteiger partial charge on any atom is 0.0102 e. The maximum atomic E-state index is 5.59. The van der Waals surface area contributed by atoms with E-state index >= 15 is 0 Å². The Balaban J connectivity index is 4.29. The second-order valence-electron chi connectivity index (χ2n) is 3.80. The molecular formula is C11H21NS. The number of hydrogen-bond donors (Lipinski definition) is 1. The summed E-state index contributed by atoms with van der Waals surface area (Å²) in [6.07, 6.45) is 5.39. The van der Waals surface area contributed by atoms with E-state index in [-0.39, 0.29) is 5.41 Å². The molecule has 0 aliphatic rings. The minimum absolute atomic E-state index is 0.198. The van der Waals surface area contributed by atoms with Crippen molar-refractivity contribution in [3.8, 4) is 0 Å². The van der Waals surface area contributed by atoms with Crippen LogP contribution in [0.25, 0.3) is 0 Å². The molecule has 0 heterocycles. The minimum atomic E-state index is 0.198. The summed E-state index contributed by atoms with van der Waals surface area (Å²) < 4.78 is 0. The lowest BCUT2D eigenvalue weighted by atomic mass is 9.87. The van der Waals surface area contributed by atoms with Crippen LogP contribution in [-0.4, -0.2) is 0 Å². The molecule has 1 nitrogen and oxygen atoms in total. The summed E-state index contributed by atoms with van der Waals surface area (Å²) >= 11 is 1.63. The van der Waals surface area contributed by atoms with Crippen LogP contribution in [0.15, 0.2) is 23.1 Å². The van der Waals surface area contributed by atoms with Gasteiger partial charge in [-0.3, -0.25) is 0 Å². The second-order valence-corrected chi connectivity index (χ2v) is 4.81. The molecule has 2 N–H and O–H groups in total. The molecule has 0 saturated heterocycles. The number of thioether (sulfide) groups is 1. The molecule has 0 spiro atoms. The van der Waals surface area contributed by atoms with Crippen LogP contribution in [0.5, 0.6) is 0 Å². The summed E-state index contributed by atoms with van der Waals surface area (Å²) in [7, 11) is 0. The summed E-state index contributed by atoms with van der Waals surface area (Å²) in [5.74, 6) is 0. The molecule has 0 unspecified atom stereocenters. The fraction of sp³-hybridized carbons (Fsp3) is 0.636. The summed E-state index contributed by atoms with van der Waals surface area (Å²) in [6.45, 7) is 10.4. The molecule has 0 bridgehead atoms. The van der Waals surface area contributed by atoms with Crippen molar-refractivity contribution in [2.75, 3.05) is 0 Å². The summed E-state index contributed by atoms with van der Waals surface area (Å²) in [5.41, 5.74) is 5.78. The molecule has 0 atom stereocenters. The van der Waals surface area contributed by atoms with Gasteiger partial charge >= 0.3 is 0 Å². The van der Waals surface area contributed by atoms with Crippen LogP contribution in [0.3, 0.4) is 0 Å². The first-order chi connectivity index (χ1) is 6.08. The van der Waals surface area contributed by atoms with Crippen molar-refractivity contribution in [3.63, 3.8) is 0 Å². The molecular weight excluding hydrogens is 178 g/mol. The van der Waals surface area contributed by atoms with Crippen molar-refractivity contribution in [1.29, 1.82) is 0 Å². The van der Waals surface area contributed by atoms with E-state index in [2.05, 4.69) is 27.4 Å². The Labute approximate surface area is 86.5 Å². The van der Waals surface area contributed by atoms with Crippen LogP contribution in [0, 0.1) is 5.41 Å². The Kier molecular flexibility index (Phi) is 5.97. The Morgan fingerprint density at radius 2 is 2.15 bits per heavy atom. The van der Waals surface area contributed by atoms with Gasteiger partial charge in [0.25, 0.3) is 0 Å². The molecule has 0 aromatic rings. The van der Waals surface area contributed by atoms with Crippen LogP contribution in [0.4, 0.5) is 0 Å². The highest BCUT2D eigenvalue weighted by Gasteiger charge is 2.21. The molecule has 0 aromatic carbocycles. The fourth-order valence-corrected chi connectivity index (χ4v) is 1.94. The van der Waals surface area contributed by atoms with Gasteiger partial charge in [0.15, 0.2) is 0 Å². The SMILES string of the molecule is C=CS/C(=C\N)C(C)(C)CCCC. The van der Waals surface area contributed by atoms with E-state index in [4.69, 9.17) is 5.73 Å². The van der Waals surface area contributed by atoms with Gasteiger partial charge in [0.2, 0.25) is 0 Å². The van der Waals surface area contributed by atoms with E-state index < -0.39 is 0 Å². The largest absolute Gasteiger partial charge is 0.404 e. The van der Waals surface area contributed by atoms with E-state index in [9.17, 15) is 0 Å². The normalized spacial score (nSPS) is 13.0. The smallest absolute Gasteiger partial charge is 0.0102 e. The minimum Gasteiger partial charge on any atom is -0.404 e. The average Bonchev–Trinajstić information content (AvgIpc) is 2.10. The topological polar surface area (TPSA) is 26.0 Å². The van der Waals surface area contributed by atoms with Crippen molar-refractivity contribution < 1.29 is 0 Å². The molecule has 0 radical (unpaired) electrons. The van der Waals surface area contributed by atoms with Crippen LogP contribution in [-0.2, 0) is 0 Å². The van der Waals surface area contributed by atoms with Crippen LogP contribution in [0.2, 0.25) is 0 Å². The molecule has 0 aliphatic heterocycles. The predicted octanol–water partition coefficient (Wildman–Crippen LogP) is 3.88. The first-order valence-corrected chi connectivity index (χ1v) is 5.66. The van der Waals surface area contributed by atoms with Gasteiger partial charge in [0.05, 0.1) is 0 Å². The van der Waals surface area contributed by atoms with Gasteiger partial charge in [-0.1, -0.05) is 40.2 Å². The van der Waals surface area contributed by atoms with Crippen molar-refractivity contribution in [2.45, 2.75) is 40.0 Å². The lowest BCUT2D eigenvalue weighted by Crippen LogP contribution is -2.13. The van der Waals surface area contributed by atoms with E-state index in [0.717, 1.165) is 0 Å². The molecule has 2 heteroatoms. The zero-order valence-corrected chi connectivity index (χ0v) is 9.79. The highest BCUT2D eigenvalue weighted by Crippen LogP contribution is 2.38. The monoisotopic (exact) mass is 199 g/mol. The van der Waals surface area contributed by atoms with Crippen LogP contribution in [0.1, 0.15) is 40.0 Å². The zero-order chi connectivity index (χ0) is 10.3. The van der Waals surface area contributed by atoms with Crippen molar-refractivity contribution in [3.05, 3.63) is 23.1 Å². The number of nitrogens with two attached hydrogens (primary N) is 1. The highest BCUT2D eigenvalue weighted by molar-refractivity contribution is 8.05. The first kappa shape index (κ1) is 12.6. The molecule has 0 aliphatic carbocycles. The van der Waals surface area contributed by atoms with E-state index in [1.807, 2.05) is 5.41 Å². The number of rotatable bonds is 6. The van der Waals surface area contributed by atoms with Gasteiger partial charge in [-0.15, -0.1) is 11.8 Å². The molecule has 13 heavy (non-hydrogen) atoms. The molecule has 0 fully saturated rings. The molecule has 0 rings (SSSR count). The maximum absolute atomic E-state index is 5.59. The molecule has 0 amide bonds. The third-order valence-corrected chi connectivity index (χ3v) is 3.29. The van der Waals surface area contributed by atoms with E-state index in [1.165, 1.54) is 24.2 Å². The Bertz CT molecular complexity index is 183. The van der Waals surface area contributed by atoms with Crippen molar-refractivity contribution in [1.82, 2.24) is 0 Å². The Morgan fingerprint density at radius 1 is 1.54 bits per heavy atom. The first-order valence-electron chi connectivity index (χ1n) is 4.78. The summed E-state index contributed by atoms with van der Waals surface area (Å²) in [5, 5.41) is 1.84.